The zero-order valence-electron chi connectivity index (χ0n) is 23.4. The summed E-state index contributed by atoms with van der Waals surface area (Å²) in [4.78, 5) is 13.9. The quantitative estimate of drug-likeness (QED) is 0.283. The van der Waals surface area contributed by atoms with Gasteiger partial charge in [0.25, 0.3) is 0 Å². The van der Waals surface area contributed by atoms with Gasteiger partial charge in [-0.15, -0.1) is 11.3 Å². The summed E-state index contributed by atoms with van der Waals surface area (Å²) in [5.74, 6) is 0.122. The predicted octanol–water partition coefficient (Wildman–Crippen LogP) is 6.09. The number of alkyl halides is 1. The van der Waals surface area contributed by atoms with E-state index in [1.807, 2.05) is 25.1 Å². The molecule has 4 aliphatic heterocycles. The third kappa shape index (κ3) is 4.17. The molecule has 4 atom stereocenters. The van der Waals surface area contributed by atoms with E-state index in [9.17, 15) is 4.39 Å². The number of aryl methyl sites for hydroxylation is 1. The molecule has 42 heavy (non-hydrogen) atoms. The van der Waals surface area contributed by atoms with Crippen LogP contribution in [-0.4, -0.2) is 71.4 Å². The minimum absolute atomic E-state index is 0.119. The molecule has 6 heterocycles. The number of halogens is 3. The molecule has 3 N–H and O–H groups in total. The van der Waals surface area contributed by atoms with Gasteiger partial charge in [-0.3, -0.25) is 4.90 Å². The van der Waals surface area contributed by atoms with Crippen molar-refractivity contribution >= 4 is 54.7 Å². The first-order valence-electron chi connectivity index (χ1n) is 14.8. The van der Waals surface area contributed by atoms with E-state index in [-0.39, 0.29) is 23.7 Å². The minimum atomic E-state index is -0.863. The van der Waals surface area contributed by atoms with Crippen LogP contribution in [0.4, 0.5) is 19.6 Å². The fourth-order valence-electron chi connectivity index (χ4n) is 7.86. The number of nitrogens with one attached hydrogen (secondary N) is 1. The van der Waals surface area contributed by atoms with E-state index < -0.39 is 12.0 Å². The highest BCUT2D eigenvalue weighted by molar-refractivity contribution is 7.23. The van der Waals surface area contributed by atoms with Crippen LogP contribution in [0.15, 0.2) is 24.3 Å². The Morgan fingerprint density at radius 1 is 1.21 bits per heavy atom. The van der Waals surface area contributed by atoms with E-state index in [0.717, 1.165) is 61.0 Å². The molecule has 4 saturated heterocycles. The Labute approximate surface area is 252 Å². The largest absolute Gasteiger partial charge is 0.461 e. The Kier molecular flexibility index (Phi) is 6.30. The van der Waals surface area contributed by atoms with E-state index in [1.165, 1.54) is 11.3 Å². The Balaban J connectivity index is 1.27. The van der Waals surface area contributed by atoms with Gasteiger partial charge in [-0.2, -0.15) is 9.97 Å². The number of nitrogens with two attached hydrogens (primary N) is 1. The van der Waals surface area contributed by atoms with E-state index in [2.05, 4.69) is 20.1 Å². The number of piperazine rings is 1. The first-order valence-corrected chi connectivity index (χ1v) is 16.0. The molecule has 4 fully saturated rings. The number of rotatable bonds is 5. The molecule has 11 heteroatoms. The standard InChI is InChI=1S/C31H33ClF2N6OS/c1-16-24-20(4-2-5-23(24)42-28(16)35)25-22(32)10-21-27(26(25)34)37-30(38-29(21)39-13-18-6-7-19(14-39)36-18)41-15-31-8-3-9-40(31)12-17(33)11-31/h2,4-5,10,17-19,36H,3,6-9,11-15,35H2,1H3/t17-,18-,19+,31+/m1/s1. The van der Waals surface area contributed by atoms with E-state index in [4.69, 9.17) is 27.1 Å². The van der Waals surface area contributed by atoms with Crippen LogP contribution in [0.25, 0.3) is 32.1 Å². The van der Waals surface area contributed by atoms with Crippen molar-refractivity contribution in [2.24, 2.45) is 0 Å². The molecule has 0 saturated carbocycles. The number of fused-ring (bicyclic) bond motifs is 5. The van der Waals surface area contributed by atoms with Crippen molar-refractivity contribution < 1.29 is 13.5 Å². The van der Waals surface area contributed by atoms with E-state index >= 15 is 4.39 Å². The number of hydrogen-bond donors (Lipinski definition) is 2. The van der Waals surface area contributed by atoms with Crippen LogP contribution < -0.4 is 20.7 Å². The number of hydrogen-bond acceptors (Lipinski definition) is 8. The average molecular weight is 611 g/mol. The predicted molar refractivity (Wildman–Crippen MR) is 165 cm³/mol. The molecular formula is C31H33ClF2N6OS. The zero-order chi connectivity index (χ0) is 28.7. The molecule has 2 aromatic carbocycles. The van der Waals surface area contributed by atoms with Crippen LogP contribution in [0.1, 0.15) is 37.7 Å². The molecule has 0 radical (unpaired) electrons. The highest BCUT2D eigenvalue weighted by Gasteiger charge is 2.49. The molecule has 0 aliphatic carbocycles. The highest BCUT2D eigenvalue weighted by Crippen LogP contribution is 2.45. The fraction of sp³-hybridized carbons (Fsp3) is 0.484. The highest BCUT2D eigenvalue weighted by atomic mass is 35.5. The van der Waals surface area contributed by atoms with Crippen LogP contribution in [0.3, 0.4) is 0 Å². The fourth-order valence-corrected chi connectivity index (χ4v) is 9.16. The maximum Gasteiger partial charge on any atom is 0.319 e. The molecule has 4 aromatic rings. The SMILES string of the molecule is Cc1c(N)sc2cccc(-c3c(Cl)cc4c(N5C[C@H]6CC[C@@H](C5)N6)nc(OC[C@@]56CCCN5C[C@H](F)C6)nc4c3F)c12. The van der Waals surface area contributed by atoms with Crippen LogP contribution in [-0.2, 0) is 0 Å². The lowest BCUT2D eigenvalue weighted by Gasteiger charge is -2.34. The van der Waals surface area contributed by atoms with Gasteiger partial charge in [0, 0.05) is 59.2 Å². The molecule has 2 aromatic heterocycles. The summed E-state index contributed by atoms with van der Waals surface area (Å²) in [6, 6.07) is 8.39. The van der Waals surface area contributed by atoms with Gasteiger partial charge in [-0.25, -0.2) is 8.78 Å². The van der Waals surface area contributed by atoms with E-state index in [1.54, 1.807) is 6.07 Å². The first kappa shape index (κ1) is 26.8. The lowest BCUT2D eigenvalue weighted by molar-refractivity contribution is 0.107. The third-order valence-electron chi connectivity index (χ3n) is 9.85. The smallest absolute Gasteiger partial charge is 0.319 e. The van der Waals surface area contributed by atoms with Crippen molar-refractivity contribution in [2.45, 2.75) is 62.8 Å². The maximum absolute atomic E-state index is 16.8. The third-order valence-corrected chi connectivity index (χ3v) is 11.2. The molecule has 0 spiro atoms. The molecule has 220 valence electrons. The van der Waals surface area contributed by atoms with Crippen molar-refractivity contribution in [2.75, 3.05) is 43.4 Å². The minimum Gasteiger partial charge on any atom is -0.461 e. The Hall–Kier alpha value is -2.79. The average Bonchev–Trinajstić information content (AvgIpc) is 3.68. The summed E-state index contributed by atoms with van der Waals surface area (Å²) in [6.45, 7) is 5.05. The molecule has 7 nitrogen and oxygen atoms in total. The second-order valence-electron chi connectivity index (χ2n) is 12.5. The van der Waals surface area contributed by atoms with Crippen molar-refractivity contribution in [3.63, 3.8) is 0 Å². The van der Waals surface area contributed by atoms with Gasteiger partial charge in [-0.1, -0.05) is 23.7 Å². The first-order chi connectivity index (χ1) is 20.3. The molecule has 8 rings (SSSR count). The second kappa shape index (κ2) is 9.87. The summed E-state index contributed by atoms with van der Waals surface area (Å²) < 4.78 is 38.5. The molecule has 4 aliphatic rings. The van der Waals surface area contributed by atoms with Gasteiger partial charge in [0.15, 0.2) is 5.82 Å². The van der Waals surface area contributed by atoms with Gasteiger partial charge >= 0.3 is 6.01 Å². The lowest BCUT2D eigenvalue weighted by Crippen LogP contribution is -2.51. The maximum atomic E-state index is 16.8. The van der Waals surface area contributed by atoms with Gasteiger partial charge < -0.3 is 20.7 Å². The molecule has 0 amide bonds. The molecule has 2 bridgehead atoms. The van der Waals surface area contributed by atoms with Crippen molar-refractivity contribution in [1.29, 1.82) is 0 Å². The summed E-state index contributed by atoms with van der Waals surface area (Å²) in [5, 5.41) is 6.11. The Bertz CT molecular complexity index is 1720. The second-order valence-corrected chi connectivity index (χ2v) is 13.9. The number of thiophene rings is 1. The van der Waals surface area contributed by atoms with Gasteiger partial charge in [0.2, 0.25) is 0 Å². The van der Waals surface area contributed by atoms with Crippen LogP contribution >= 0.6 is 22.9 Å². The van der Waals surface area contributed by atoms with Crippen LogP contribution in [0.2, 0.25) is 5.02 Å². The molecule has 0 unspecified atom stereocenters. The number of nitrogens with zero attached hydrogens (tertiary/aromatic N) is 4. The number of nitrogen functional groups attached to an aromatic ring is 1. The molecular weight excluding hydrogens is 578 g/mol. The number of anilines is 2. The Morgan fingerprint density at radius 2 is 2.02 bits per heavy atom. The van der Waals surface area contributed by atoms with Gasteiger partial charge in [-0.05, 0) is 62.4 Å². The van der Waals surface area contributed by atoms with Crippen molar-refractivity contribution in [1.82, 2.24) is 20.2 Å². The number of benzene rings is 2. The lowest BCUT2D eigenvalue weighted by atomic mass is 9.95. The monoisotopic (exact) mass is 610 g/mol. The normalized spacial score (nSPS) is 27.4. The topological polar surface area (TPSA) is 79.5 Å². The van der Waals surface area contributed by atoms with Gasteiger partial charge in [0.05, 0.1) is 15.6 Å². The summed E-state index contributed by atoms with van der Waals surface area (Å²) in [6.07, 6.45) is 3.66. The van der Waals surface area contributed by atoms with E-state index in [0.29, 0.717) is 57.4 Å². The van der Waals surface area contributed by atoms with Crippen LogP contribution in [0, 0.1) is 12.7 Å². The van der Waals surface area contributed by atoms with Crippen LogP contribution in [0.5, 0.6) is 6.01 Å². The van der Waals surface area contributed by atoms with Crippen molar-refractivity contribution in [3.05, 3.63) is 40.7 Å². The zero-order valence-corrected chi connectivity index (χ0v) is 25.0. The van der Waals surface area contributed by atoms with Crippen molar-refractivity contribution in [3.8, 4) is 17.1 Å². The summed E-state index contributed by atoms with van der Waals surface area (Å²) in [7, 11) is 0. The number of ether oxygens (including phenoxy) is 1. The summed E-state index contributed by atoms with van der Waals surface area (Å²) in [5.41, 5.74) is 7.97. The van der Waals surface area contributed by atoms with Gasteiger partial charge in [0.1, 0.15) is 24.1 Å². The number of aromatic nitrogens is 2. The summed E-state index contributed by atoms with van der Waals surface area (Å²) >= 11 is 8.40. The Morgan fingerprint density at radius 3 is 2.83 bits per heavy atom.